The summed E-state index contributed by atoms with van der Waals surface area (Å²) in [7, 11) is 1.68. The van der Waals surface area contributed by atoms with Crippen LogP contribution in [0.5, 0.6) is 5.75 Å². The molecule has 0 aliphatic heterocycles. The molecule has 1 saturated carbocycles. The highest BCUT2D eigenvalue weighted by molar-refractivity contribution is 5.96. The zero-order valence-electron chi connectivity index (χ0n) is 17.3. The Labute approximate surface area is 174 Å². The second kappa shape index (κ2) is 7.09. The van der Waals surface area contributed by atoms with E-state index < -0.39 is 0 Å². The van der Waals surface area contributed by atoms with Crippen molar-refractivity contribution >= 4 is 28.3 Å². The number of fused-ring (bicyclic) bond motifs is 3. The maximum Gasteiger partial charge on any atom is 0.228 e. The third kappa shape index (κ3) is 2.89. The minimum Gasteiger partial charge on any atom is -0.496 e. The summed E-state index contributed by atoms with van der Waals surface area (Å²) in [6.45, 7) is 4.13. The van der Waals surface area contributed by atoms with Crippen molar-refractivity contribution in [2.45, 2.75) is 33.1 Å². The topological polar surface area (TPSA) is 81.4 Å². The van der Waals surface area contributed by atoms with E-state index in [4.69, 9.17) is 4.74 Å². The van der Waals surface area contributed by atoms with Crippen LogP contribution in [0.1, 0.15) is 30.4 Å². The van der Waals surface area contributed by atoms with E-state index in [2.05, 4.69) is 46.4 Å². The first-order valence-electron chi connectivity index (χ1n) is 10.1. The van der Waals surface area contributed by atoms with E-state index >= 15 is 0 Å². The lowest BCUT2D eigenvalue weighted by Crippen LogP contribution is -2.28. The Morgan fingerprint density at radius 1 is 1.20 bits per heavy atom. The fraction of sp³-hybridized carbons (Fsp3) is 0.304. The molecule has 3 aromatic heterocycles. The number of methoxy groups -OCH3 is 1. The highest BCUT2D eigenvalue weighted by Crippen LogP contribution is 2.37. The summed E-state index contributed by atoms with van der Waals surface area (Å²) in [6, 6.07) is 7.98. The zero-order chi connectivity index (χ0) is 20.8. The Bertz CT molecular complexity index is 1290. The largest absolute Gasteiger partial charge is 0.496 e. The quantitative estimate of drug-likeness (QED) is 0.551. The number of benzene rings is 1. The van der Waals surface area contributed by atoms with Crippen molar-refractivity contribution in [3.63, 3.8) is 0 Å². The number of amides is 1. The third-order valence-electron chi connectivity index (χ3n) is 6.07. The number of rotatable bonds is 4. The van der Waals surface area contributed by atoms with Gasteiger partial charge in [0.15, 0.2) is 5.65 Å². The first-order valence-corrected chi connectivity index (χ1v) is 10.1. The number of hydrogen-bond acceptors (Lipinski definition) is 5. The van der Waals surface area contributed by atoms with Crippen LogP contribution in [0.15, 0.2) is 36.8 Å². The molecule has 7 heteroatoms. The Kier molecular flexibility index (Phi) is 4.38. The van der Waals surface area contributed by atoms with Gasteiger partial charge < -0.3 is 10.1 Å². The molecule has 3 heterocycles. The van der Waals surface area contributed by atoms with Gasteiger partial charge in [-0.25, -0.2) is 14.5 Å². The van der Waals surface area contributed by atoms with Gasteiger partial charge in [0.25, 0.3) is 0 Å². The van der Waals surface area contributed by atoms with Gasteiger partial charge in [-0.2, -0.15) is 5.10 Å². The molecule has 1 amide bonds. The van der Waals surface area contributed by atoms with Crippen LogP contribution in [0.25, 0.3) is 27.7 Å². The predicted octanol–water partition coefficient (Wildman–Crippen LogP) is 4.31. The van der Waals surface area contributed by atoms with Crippen LogP contribution in [0.3, 0.4) is 0 Å². The van der Waals surface area contributed by atoms with E-state index in [-0.39, 0.29) is 11.8 Å². The lowest BCUT2D eigenvalue weighted by molar-refractivity contribution is -0.122. The molecular weight excluding hydrogens is 378 g/mol. The minimum absolute atomic E-state index is 0.0437. The van der Waals surface area contributed by atoms with Gasteiger partial charge in [-0.1, -0.05) is 12.5 Å². The molecule has 30 heavy (non-hydrogen) atoms. The van der Waals surface area contributed by atoms with Crippen molar-refractivity contribution < 1.29 is 9.53 Å². The van der Waals surface area contributed by atoms with Gasteiger partial charge >= 0.3 is 0 Å². The summed E-state index contributed by atoms with van der Waals surface area (Å²) in [5.74, 6) is 1.52. The van der Waals surface area contributed by atoms with Gasteiger partial charge in [0.05, 0.1) is 12.6 Å². The summed E-state index contributed by atoms with van der Waals surface area (Å²) >= 11 is 0. The highest BCUT2D eigenvalue weighted by atomic mass is 16.5. The van der Waals surface area contributed by atoms with Gasteiger partial charge in [0.1, 0.15) is 17.9 Å². The molecule has 0 saturated heterocycles. The number of nitrogens with one attached hydrogen (secondary N) is 1. The molecule has 0 spiro atoms. The first kappa shape index (κ1) is 18.5. The van der Waals surface area contributed by atoms with Crippen molar-refractivity contribution in [3.05, 3.63) is 47.9 Å². The van der Waals surface area contributed by atoms with Crippen molar-refractivity contribution in [2.24, 2.45) is 5.92 Å². The molecule has 0 unspecified atom stereocenters. The van der Waals surface area contributed by atoms with E-state index in [0.29, 0.717) is 5.82 Å². The number of carbonyl (C=O) groups is 1. The molecule has 0 bridgehead atoms. The maximum absolute atomic E-state index is 12.3. The van der Waals surface area contributed by atoms with Crippen molar-refractivity contribution in [2.75, 3.05) is 12.4 Å². The second-order valence-electron chi connectivity index (χ2n) is 7.88. The summed E-state index contributed by atoms with van der Waals surface area (Å²) in [4.78, 5) is 21.3. The number of ether oxygens (including phenoxy) is 1. The number of aryl methyl sites for hydroxylation is 1. The maximum atomic E-state index is 12.3. The van der Waals surface area contributed by atoms with Crippen LogP contribution < -0.4 is 10.1 Å². The number of aromatic nitrogens is 4. The summed E-state index contributed by atoms with van der Waals surface area (Å²) in [5, 5.41) is 8.32. The van der Waals surface area contributed by atoms with Crippen LogP contribution in [0.2, 0.25) is 0 Å². The Balaban J connectivity index is 1.66. The second-order valence-corrected chi connectivity index (χ2v) is 7.88. The average molecular weight is 401 g/mol. The van der Waals surface area contributed by atoms with Gasteiger partial charge in [0.2, 0.25) is 5.91 Å². The van der Waals surface area contributed by atoms with E-state index in [0.717, 1.165) is 63.8 Å². The number of hydrogen-bond donors (Lipinski definition) is 1. The first-order chi connectivity index (χ1) is 14.6. The van der Waals surface area contributed by atoms with Crippen molar-refractivity contribution in [1.29, 1.82) is 0 Å². The standard InChI is InChI=1S/C23H23N5O2/c1-13-7-8-19(30-3)14(2)21(13)17-9-16-11-24-20(27-23(29)15-5-4-6-15)10-18(16)28-22(17)25-12-26-28/h7-12,15H,4-6H2,1-3H3,(H,24,27,29). The van der Waals surface area contributed by atoms with E-state index in [1.807, 2.05) is 16.6 Å². The van der Waals surface area contributed by atoms with E-state index in [1.165, 1.54) is 0 Å². The highest BCUT2D eigenvalue weighted by Gasteiger charge is 2.25. The SMILES string of the molecule is COc1ccc(C)c(-c2cc3cnc(NC(=O)C4CCC4)cc3n3ncnc23)c1C. The molecule has 1 aliphatic carbocycles. The third-order valence-corrected chi connectivity index (χ3v) is 6.07. The number of pyridine rings is 2. The minimum atomic E-state index is 0.0437. The normalized spacial score (nSPS) is 14.1. The van der Waals surface area contributed by atoms with Crippen LogP contribution in [-0.4, -0.2) is 32.6 Å². The van der Waals surface area contributed by atoms with Crippen LogP contribution >= 0.6 is 0 Å². The Hall–Kier alpha value is -3.48. The average Bonchev–Trinajstić information content (AvgIpc) is 3.17. The molecule has 1 aromatic carbocycles. The monoisotopic (exact) mass is 401 g/mol. The lowest BCUT2D eigenvalue weighted by atomic mass is 9.85. The molecule has 152 valence electrons. The molecule has 4 aromatic rings. The molecule has 1 N–H and O–H groups in total. The molecule has 7 nitrogen and oxygen atoms in total. The summed E-state index contributed by atoms with van der Waals surface area (Å²) < 4.78 is 7.34. The fourth-order valence-corrected chi connectivity index (χ4v) is 4.19. The van der Waals surface area contributed by atoms with Gasteiger partial charge in [0, 0.05) is 29.1 Å². The van der Waals surface area contributed by atoms with Gasteiger partial charge in [-0.05, 0) is 55.5 Å². The van der Waals surface area contributed by atoms with E-state index in [1.54, 1.807) is 19.6 Å². The fourth-order valence-electron chi connectivity index (χ4n) is 4.19. The van der Waals surface area contributed by atoms with Crippen LogP contribution in [0.4, 0.5) is 5.82 Å². The smallest absolute Gasteiger partial charge is 0.228 e. The zero-order valence-corrected chi connectivity index (χ0v) is 17.3. The molecule has 5 rings (SSSR count). The molecular formula is C23H23N5O2. The molecule has 1 fully saturated rings. The number of nitrogens with zero attached hydrogens (tertiary/aromatic N) is 4. The summed E-state index contributed by atoms with van der Waals surface area (Å²) in [5.41, 5.74) is 5.85. The molecule has 0 atom stereocenters. The lowest BCUT2D eigenvalue weighted by Gasteiger charge is -2.23. The number of anilines is 1. The van der Waals surface area contributed by atoms with Crippen molar-refractivity contribution in [3.8, 4) is 16.9 Å². The predicted molar refractivity (Wildman–Crippen MR) is 116 cm³/mol. The van der Waals surface area contributed by atoms with Crippen LogP contribution in [-0.2, 0) is 4.79 Å². The van der Waals surface area contributed by atoms with Gasteiger partial charge in [-0.15, -0.1) is 0 Å². The Morgan fingerprint density at radius 2 is 2.03 bits per heavy atom. The molecule has 1 aliphatic rings. The van der Waals surface area contributed by atoms with Crippen molar-refractivity contribution in [1.82, 2.24) is 19.6 Å². The van der Waals surface area contributed by atoms with Gasteiger partial charge in [-0.3, -0.25) is 4.79 Å². The van der Waals surface area contributed by atoms with E-state index in [9.17, 15) is 4.79 Å². The molecule has 0 radical (unpaired) electrons. The Morgan fingerprint density at radius 3 is 2.77 bits per heavy atom. The van der Waals surface area contributed by atoms with Crippen LogP contribution in [0, 0.1) is 19.8 Å². The number of carbonyl (C=O) groups excluding carboxylic acids is 1. The summed E-state index contributed by atoms with van der Waals surface area (Å²) in [6.07, 6.45) is 6.36.